The first kappa shape index (κ1) is 22.8. The average molecular weight is 469 g/mol. The van der Waals surface area contributed by atoms with Gasteiger partial charge in [-0.1, -0.05) is 17.4 Å². The summed E-state index contributed by atoms with van der Waals surface area (Å²) in [6, 6.07) is 3.71. The van der Waals surface area contributed by atoms with E-state index in [4.69, 9.17) is 0 Å². The first-order valence-electron chi connectivity index (χ1n) is 10.9. The van der Waals surface area contributed by atoms with Gasteiger partial charge in [-0.3, -0.25) is 14.3 Å². The number of phenols is 1. The van der Waals surface area contributed by atoms with Crippen LogP contribution in [0.5, 0.6) is 5.75 Å². The van der Waals surface area contributed by atoms with Crippen molar-refractivity contribution in [2.24, 2.45) is 0 Å². The van der Waals surface area contributed by atoms with Crippen molar-refractivity contribution in [3.05, 3.63) is 46.1 Å². The molecule has 2 heterocycles. The highest BCUT2D eigenvalue weighted by Crippen LogP contribution is 2.30. The fourth-order valence-electron chi connectivity index (χ4n) is 3.69. The summed E-state index contributed by atoms with van der Waals surface area (Å²) in [4.78, 5) is 31.8. The number of nitrogens with one attached hydrogen (secondary N) is 2. The molecule has 0 aliphatic heterocycles. The van der Waals surface area contributed by atoms with Crippen LogP contribution in [0.25, 0.3) is 0 Å². The highest BCUT2D eigenvalue weighted by atomic mass is 32.1. The zero-order chi connectivity index (χ0) is 23.7. The lowest BCUT2D eigenvalue weighted by molar-refractivity contribution is -0.134. The highest BCUT2D eigenvalue weighted by Gasteiger charge is 2.26. The monoisotopic (exact) mass is 468 g/mol. The molecule has 0 bridgehead atoms. The van der Waals surface area contributed by atoms with Crippen molar-refractivity contribution in [2.45, 2.75) is 52.6 Å². The second-order valence-corrected chi connectivity index (χ2v) is 9.49. The van der Waals surface area contributed by atoms with Gasteiger partial charge in [0.2, 0.25) is 5.91 Å². The van der Waals surface area contributed by atoms with E-state index >= 15 is 0 Å². The summed E-state index contributed by atoms with van der Waals surface area (Å²) in [7, 11) is 1.85. The zero-order valence-corrected chi connectivity index (χ0v) is 20.0. The van der Waals surface area contributed by atoms with Gasteiger partial charge >= 0.3 is 0 Å². The minimum Gasteiger partial charge on any atom is -0.508 e. The molecule has 1 aliphatic carbocycles. The topological polar surface area (TPSA) is 112 Å². The number of aromatic hydroxyl groups is 1. The molecule has 33 heavy (non-hydrogen) atoms. The van der Waals surface area contributed by atoms with Crippen LogP contribution in [0.3, 0.4) is 0 Å². The zero-order valence-electron chi connectivity index (χ0n) is 19.2. The van der Waals surface area contributed by atoms with E-state index in [-0.39, 0.29) is 24.1 Å². The van der Waals surface area contributed by atoms with Gasteiger partial charge in [0.25, 0.3) is 5.91 Å². The Bertz CT molecular complexity index is 1200. The lowest BCUT2D eigenvalue weighted by Gasteiger charge is -2.34. The molecule has 10 heteroatoms. The Morgan fingerprint density at radius 1 is 1.24 bits per heavy atom. The third-order valence-electron chi connectivity index (χ3n) is 6.10. The number of carbonyl (C=O) groups excluding carboxylic acids is 2. The molecule has 1 aromatic carbocycles. The number of thiazole rings is 1. The minimum absolute atomic E-state index is 0.0412. The Morgan fingerprint density at radius 2 is 2.00 bits per heavy atom. The molecule has 2 aromatic heterocycles. The van der Waals surface area contributed by atoms with Gasteiger partial charge in [0.05, 0.1) is 11.9 Å². The van der Waals surface area contributed by atoms with Gasteiger partial charge in [0.15, 0.2) is 10.9 Å². The van der Waals surface area contributed by atoms with Crippen LogP contribution in [0.15, 0.2) is 24.5 Å². The number of hydrogen-bond donors (Lipinski definition) is 3. The van der Waals surface area contributed by atoms with Gasteiger partial charge in [-0.25, -0.2) is 4.98 Å². The molecule has 4 rings (SSSR count). The minimum atomic E-state index is -0.302. The normalized spacial score (nSPS) is 13.5. The van der Waals surface area contributed by atoms with Gasteiger partial charge < -0.3 is 20.6 Å². The molecule has 0 radical (unpaired) electrons. The van der Waals surface area contributed by atoms with E-state index in [1.807, 2.05) is 32.0 Å². The van der Waals surface area contributed by atoms with Crippen LogP contribution in [-0.4, -0.2) is 49.7 Å². The number of amides is 2. The fraction of sp³-hybridized carbons (Fsp3) is 0.391. The van der Waals surface area contributed by atoms with Crippen LogP contribution in [-0.2, 0) is 11.3 Å². The van der Waals surface area contributed by atoms with Crippen LogP contribution < -0.4 is 10.6 Å². The second kappa shape index (κ2) is 9.22. The first-order chi connectivity index (χ1) is 15.7. The number of likely N-dealkylation sites (N-methyl/N-ethyl adjacent to an activating group) is 1. The van der Waals surface area contributed by atoms with Crippen molar-refractivity contribution in [2.75, 3.05) is 17.7 Å². The van der Waals surface area contributed by atoms with Crippen molar-refractivity contribution in [3.8, 4) is 5.75 Å². The quantitative estimate of drug-likeness (QED) is 0.484. The van der Waals surface area contributed by atoms with Crippen molar-refractivity contribution >= 4 is 39.8 Å². The van der Waals surface area contributed by atoms with Crippen LogP contribution >= 0.6 is 11.3 Å². The van der Waals surface area contributed by atoms with Gasteiger partial charge in [0.1, 0.15) is 17.2 Å². The van der Waals surface area contributed by atoms with Crippen LogP contribution in [0.4, 0.5) is 16.6 Å². The molecular weight excluding hydrogens is 440 g/mol. The number of anilines is 3. The molecule has 1 saturated carbocycles. The van der Waals surface area contributed by atoms with E-state index < -0.39 is 0 Å². The number of rotatable bonds is 7. The third-order valence-corrected chi connectivity index (χ3v) is 7.01. The van der Waals surface area contributed by atoms with E-state index in [9.17, 15) is 14.7 Å². The number of phenolic OH excluding ortho intramolecular Hbond substituents is 1. The predicted octanol–water partition coefficient (Wildman–Crippen LogP) is 3.98. The van der Waals surface area contributed by atoms with E-state index in [1.165, 1.54) is 24.0 Å². The lowest BCUT2D eigenvalue weighted by Crippen LogP contribution is -2.42. The van der Waals surface area contributed by atoms with Crippen LogP contribution in [0, 0.1) is 20.8 Å². The van der Waals surface area contributed by atoms with Gasteiger partial charge in [0, 0.05) is 30.4 Å². The summed E-state index contributed by atoms with van der Waals surface area (Å²) in [6.07, 6.45) is 6.64. The van der Waals surface area contributed by atoms with Crippen LogP contribution in [0.2, 0.25) is 0 Å². The van der Waals surface area contributed by atoms with Crippen LogP contribution in [0.1, 0.15) is 45.6 Å². The van der Waals surface area contributed by atoms with Gasteiger partial charge in [-0.2, -0.15) is 5.10 Å². The van der Waals surface area contributed by atoms with E-state index in [0.717, 1.165) is 24.0 Å². The summed E-state index contributed by atoms with van der Waals surface area (Å²) in [5.74, 6) is 0.463. The molecule has 1 aliphatic rings. The van der Waals surface area contributed by atoms with Crippen molar-refractivity contribution in [3.63, 3.8) is 0 Å². The number of aromatic nitrogens is 3. The Hall–Kier alpha value is -3.40. The van der Waals surface area contributed by atoms with Gasteiger partial charge in [-0.15, -0.1) is 0 Å². The Balaban J connectivity index is 1.41. The van der Waals surface area contributed by atoms with Crippen molar-refractivity contribution in [1.82, 2.24) is 19.7 Å². The van der Waals surface area contributed by atoms with E-state index in [1.54, 1.807) is 23.7 Å². The number of aryl methyl sites for hydroxylation is 2. The highest BCUT2D eigenvalue weighted by molar-refractivity contribution is 7.17. The molecule has 2 amide bonds. The predicted molar refractivity (Wildman–Crippen MR) is 128 cm³/mol. The number of nitrogens with zero attached hydrogens (tertiary/aromatic N) is 4. The Morgan fingerprint density at radius 3 is 2.70 bits per heavy atom. The fourth-order valence-corrected chi connectivity index (χ4v) is 4.41. The SMILES string of the molecule is Cc1cn(CC(=O)N(C)C2CCC2)nc1Nc1ncc(C(=O)Nc2c(C)ccc(O)c2C)s1. The summed E-state index contributed by atoms with van der Waals surface area (Å²) in [5, 5.41) is 20.9. The third kappa shape index (κ3) is 4.85. The maximum Gasteiger partial charge on any atom is 0.267 e. The summed E-state index contributed by atoms with van der Waals surface area (Å²) in [6.45, 7) is 5.71. The number of carbonyl (C=O) groups is 2. The lowest BCUT2D eigenvalue weighted by atomic mass is 9.92. The Labute approximate surface area is 196 Å². The standard InChI is InChI=1S/C23H28N6O3S/c1-13-8-9-17(30)15(3)20(13)25-22(32)18-10-24-23(33-18)26-21-14(2)11-29(27-21)12-19(31)28(4)16-6-5-7-16/h8-11,16,30H,5-7,12H2,1-4H3,(H,25,32)(H,24,26,27). The van der Waals surface area contributed by atoms with E-state index in [2.05, 4.69) is 20.7 Å². The smallest absolute Gasteiger partial charge is 0.267 e. The second-order valence-electron chi connectivity index (χ2n) is 8.46. The number of benzene rings is 1. The molecule has 1 fully saturated rings. The summed E-state index contributed by atoms with van der Waals surface area (Å²) in [5.41, 5.74) is 2.94. The van der Waals surface area contributed by atoms with E-state index in [0.29, 0.717) is 33.1 Å². The molecule has 0 unspecified atom stereocenters. The maximum absolute atomic E-state index is 12.7. The molecular formula is C23H28N6O3S. The maximum atomic E-state index is 12.7. The first-order valence-corrected chi connectivity index (χ1v) is 11.7. The number of hydrogen-bond acceptors (Lipinski definition) is 7. The summed E-state index contributed by atoms with van der Waals surface area (Å²) < 4.78 is 1.63. The summed E-state index contributed by atoms with van der Waals surface area (Å²) >= 11 is 1.20. The molecule has 0 saturated heterocycles. The molecule has 0 spiro atoms. The molecule has 174 valence electrons. The molecule has 0 atom stereocenters. The van der Waals surface area contributed by atoms with Gasteiger partial charge in [-0.05, 0) is 51.7 Å². The van der Waals surface area contributed by atoms with Crippen molar-refractivity contribution in [1.29, 1.82) is 0 Å². The molecule has 3 aromatic rings. The largest absolute Gasteiger partial charge is 0.508 e. The van der Waals surface area contributed by atoms with Crippen molar-refractivity contribution < 1.29 is 14.7 Å². The Kier molecular flexibility index (Phi) is 6.37. The average Bonchev–Trinajstić information content (AvgIpc) is 3.33. The molecule has 3 N–H and O–H groups in total. The molecule has 9 nitrogen and oxygen atoms in total.